The van der Waals surface area contributed by atoms with Gasteiger partial charge in [0, 0.05) is 23.9 Å². The molecule has 0 aromatic heterocycles. The Labute approximate surface area is 199 Å². The number of ether oxygens (including phenoxy) is 1. The zero-order valence-electron chi connectivity index (χ0n) is 19.7. The fraction of sp³-hybridized carbons (Fsp3) is 0.444. The Morgan fingerprint density at radius 3 is 2.24 bits per heavy atom. The van der Waals surface area contributed by atoms with E-state index in [2.05, 4.69) is 34.9 Å². The van der Waals surface area contributed by atoms with Crippen molar-refractivity contribution in [2.75, 3.05) is 6.61 Å². The molecule has 1 saturated carbocycles. The van der Waals surface area contributed by atoms with Crippen LogP contribution in [0.25, 0.3) is 11.1 Å². The van der Waals surface area contributed by atoms with Crippen LogP contribution >= 0.6 is 0 Å². The van der Waals surface area contributed by atoms with E-state index in [9.17, 15) is 14.4 Å². The van der Waals surface area contributed by atoms with E-state index in [0.717, 1.165) is 41.5 Å². The van der Waals surface area contributed by atoms with Crippen molar-refractivity contribution in [2.24, 2.45) is 5.92 Å². The fourth-order valence-corrected chi connectivity index (χ4v) is 5.31. The second-order valence-electron chi connectivity index (χ2n) is 9.97. The number of benzene rings is 2. The highest BCUT2D eigenvalue weighted by molar-refractivity contribution is 5.80. The van der Waals surface area contributed by atoms with Gasteiger partial charge in [0.05, 0.1) is 6.42 Å². The number of rotatable bonds is 8. The van der Waals surface area contributed by atoms with Crippen LogP contribution in [0.1, 0.15) is 63.0 Å². The number of fused-ring (bicyclic) bond motifs is 3. The van der Waals surface area contributed by atoms with Crippen LogP contribution in [0.5, 0.6) is 0 Å². The van der Waals surface area contributed by atoms with Crippen LogP contribution in [-0.2, 0) is 14.3 Å². The van der Waals surface area contributed by atoms with Gasteiger partial charge in [0.1, 0.15) is 6.61 Å². The third-order valence-corrected chi connectivity index (χ3v) is 6.83. The van der Waals surface area contributed by atoms with Crippen LogP contribution < -0.4 is 10.6 Å². The number of amides is 2. The van der Waals surface area contributed by atoms with Gasteiger partial charge in [-0.1, -0.05) is 55.0 Å². The molecule has 180 valence electrons. The van der Waals surface area contributed by atoms with Crippen LogP contribution in [-0.4, -0.2) is 41.3 Å². The normalized spacial score (nSPS) is 19.2. The minimum atomic E-state index is -0.844. The van der Waals surface area contributed by atoms with Crippen molar-refractivity contribution in [1.82, 2.24) is 10.6 Å². The van der Waals surface area contributed by atoms with Gasteiger partial charge in [0.2, 0.25) is 5.91 Å². The molecule has 0 radical (unpaired) electrons. The van der Waals surface area contributed by atoms with Crippen molar-refractivity contribution in [1.29, 1.82) is 0 Å². The Balaban J connectivity index is 1.30. The molecule has 2 aromatic carbocycles. The van der Waals surface area contributed by atoms with E-state index < -0.39 is 17.6 Å². The third-order valence-electron chi connectivity index (χ3n) is 6.83. The molecule has 3 N–H and O–H groups in total. The number of carboxylic acid groups (broad SMARTS) is 1. The Bertz CT molecular complexity index is 1030. The maximum absolute atomic E-state index is 12.6. The number of alkyl carbamates (subject to hydrolysis) is 1. The lowest BCUT2D eigenvalue weighted by Gasteiger charge is -2.27. The summed E-state index contributed by atoms with van der Waals surface area (Å²) in [6.07, 6.45) is 2.07. The molecule has 2 atom stereocenters. The second kappa shape index (κ2) is 9.87. The van der Waals surface area contributed by atoms with Crippen LogP contribution in [0.15, 0.2) is 48.5 Å². The van der Waals surface area contributed by atoms with Crippen molar-refractivity contribution in [3.05, 3.63) is 59.7 Å². The summed E-state index contributed by atoms with van der Waals surface area (Å²) >= 11 is 0. The molecule has 4 rings (SSSR count). The average molecular weight is 465 g/mol. The molecule has 2 aromatic rings. The molecule has 0 heterocycles. The van der Waals surface area contributed by atoms with Crippen molar-refractivity contribution in [2.45, 2.75) is 63.5 Å². The summed E-state index contributed by atoms with van der Waals surface area (Å²) in [4.78, 5) is 36.3. The lowest BCUT2D eigenvalue weighted by atomic mass is 9.97. The van der Waals surface area contributed by atoms with Gasteiger partial charge in [-0.15, -0.1) is 0 Å². The summed E-state index contributed by atoms with van der Waals surface area (Å²) in [5, 5.41) is 14.9. The van der Waals surface area contributed by atoms with Crippen molar-refractivity contribution >= 4 is 18.0 Å². The predicted molar refractivity (Wildman–Crippen MR) is 128 cm³/mol. The van der Waals surface area contributed by atoms with Gasteiger partial charge in [0.25, 0.3) is 0 Å². The lowest BCUT2D eigenvalue weighted by molar-refractivity contribution is -0.138. The molecule has 7 heteroatoms. The molecular formula is C27H32N2O5. The molecule has 2 aliphatic rings. The molecule has 7 nitrogen and oxygen atoms in total. The monoisotopic (exact) mass is 464 g/mol. The highest BCUT2D eigenvalue weighted by Crippen LogP contribution is 2.44. The summed E-state index contributed by atoms with van der Waals surface area (Å²) in [5.74, 6) is -1.12. The highest BCUT2D eigenvalue weighted by Gasteiger charge is 2.33. The fourth-order valence-electron chi connectivity index (χ4n) is 5.31. The van der Waals surface area contributed by atoms with Crippen LogP contribution in [0.3, 0.4) is 0 Å². The van der Waals surface area contributed by atoms with E-state index in [0.29, 0.717) is 0 Å². The topological polar surface area (TPSA) is 105 Å². The molecule has 2 amide bonds. The Morgan fingerprint density at radius 2 is 1.62 bits per heavy atom. The van der Waals surface area contributed by atoms with E-state index in [1.807, 2.05) is 24.3 Å². The summed E-state index contributed by atoms with van der Waals surface area (Å²) in [7, 11) is 0. The Kier molecular flexibility index (Phi) is 6.91. The third kappa shape index (κ3) is 5.41. The lowest BCUT2D eigenvalue weighted by Crippen LogP contribution is -2.49. The first kappa shape index (κ1) is 23.8. The number of carbonyl (C=O) groups is 3. The van der Waals surface area contributed by atoms with Crippen molar-refractivity contribution in [3.63, 3.8) is 0 Å². The largest absolute Gasteiger partial charge is 0.481 e. The van der Waals surface area contributed by atoms with Gasteiger partial charge in [-0.05, 0) is 54.9 Å². The summed E-state index contributed by atoms with van der Waals surface area (Å²) < 4.78 is 5.60. The highest BCUT2D eigenvalue weighted by atomic mass is 16.5. The van der Waals surface area contributed by atoms with Crippen LogP contribution in [0.2, 0.25) is 0 Å². The van der Waals surface area contributed by atoms with Crippen LogP contribution in [0.4, 0.5) is 4.79 Å². The number of aliphatic carboxylic acids is 1. The molecule has 0 saturated heterocycles. The molecule has 0 spiro atoms. The van der Waals surface area contributed by atoms with E-state index in [1.54, 1.807) is 13.8 Å². The molecule has 2 aliphatic carbocycles. The van der Waals surface area contributed by atoms with Gasteiger partial charge >= 0.3 is 12.1 Å². The van der Waals surface area contributed by atoms with Gasteiger partial charge < -0.3 is 20.5 Å². The molecule has 0 bridgehead atoms. The number of nitrogens with one attached hydrogen (secondary N) is 2. The minimum absolute atomic E-state index is 0.0295. The zero-order valence-corrected chi connectivity index (χ0v) is 19.7. The first-order chi connectivity index (χ1) is 16.2. The Morgan fingerprint density at radius 1 is 1.00 bits per heavy atom. The summed E-state index contributed by atoms with van der Waals surface area (Å²) in [6.45, 7) is 3.76. The first-order valence-corrected chi connectivity index (χ1v) is 11.9. The van der Waals surface area contributed by atoms with Gasteiger partial charge in [-0.3, -0.25) is 9.59 Å². The number of hydrogen-bond acceptors (Lipinski definition) is 4. The average Bonchev–Trinajstić information content (AvgIpc) is 3.33. The number of carbonyl (C=O) groups excluding carboxylic acids is 2. The van der Waals surface area contributed by atoms with Crippen molar-refractivity contribution < 1.29 is 24.2 Å². The predicted octanol–water partition coefficient (Wildman–Crippen LogP) is 4.45. The van der Waals surface area contributed by atoms with E-state index in [-0.39, 0.29) is 43.2 Å². The molecular weight excluding hydrogens is 432 g/mol. The number of hydrogen-bond donors (Lipinski definition) is 3. The van der Waals surface area contributed by atoms with E-state index in [1.165, 1.54) is 0 Å². The Hall–Kier alpha value is -3.35. The van der Waals surface area contributed by atoms with Gasteiger partial charge in [-0.25, -0.2) is 4.79 Å². The molecule has 2 unspecified atom stereocenters. The SMILES string of the molecule is CC(C)(CC(=O)NC1CCCC1CC(=O)O)NC(=O)OCC1c2ccccc2-c2ccccc21. The maximum Gasteiger partial charge on any atom is 0.407 e. The van der Waals surface area contributed by atoms with Gasteiger partial charge in [0.15, 0.2) is 0 Å². The molecule has 34 heavy (non-hydrogen) atoms. The van der Waals surface area contributed by atoms with Crippen molar-refractivity contribution in [3.8, 4) is 11.1 Å². The van der Waals surface area contributed by atoms with E-state index in [4.69, 9.17) is 9.84 Å². The second-order valence-corrected chi connectivity index (χ2v) is 9.97. The van der Waals surface area contributed by atoms with E-state index >= 15 is 0 Å². The minimum Gasteiger partial charge on any atom is -0.481 e. The summed E-state index contributed by atoms with van der Waals surface area (Å²) in [5.41, 5.74) is 3.80. The smallest absolute Gasteiger partial charge is 0.407 e. The zero-order chi connectivity index (χ0) is 24.3. The first-order valence-electron chi connectivity index (χ1n) is 11.9. The standard InChI is InChI=1S/C27H32N2O5/c1-27(2,15-24(30)28-23-13-7-8-17(23)14-25(31)32)29-26(33)34-16-22-20-11-5-3-9-18(20)19-10-4-6-12-21(19)22/h3-6,9-12,17,22-23H,7-8,13-16H2,1-2H3,(H,28,30)(H,29,33)(H,31,32). The number of carboxylic acids is 1. The quantitative estimate of drug-likeness (QED) is 0.535. The maximum atomic E-state index is 12.6. The molecule has 1 fully saturated rings. The summed E-state index contributed by atoms with van der Waals surface area (Å²) in [6, 6.07) is 16.2. The van der Waals surface area contributed by atoms with Crippen LogP contribution in [0, 0.1) is 5.92 Å². The van der Waals surface area contributed by atoms with Gasteiger partial charge in [-0.2, -0.15) is 0 Å². The molecule has 0 aliphatic heterocycles.